The van der Waals surface area contributed by atoms with Gasteiger partial charge in [-0.05, 0) is 25.1 Å². The number of rotatable bonds is 3. The lowest BCUT2D eigenvalue weighted by molar-refractivity contribution is -0.122. The number of ether oxygens (including phenoxy) is 1. The first-order valence-electron chi connectivity index (χ1n) is 6.05. The SMILES string of the molecule is C[C@@H](C(=O)Nc1cccc(Cl)c1)N1CCOCC1. The standard InChI is InChI=1S/C13H17ClN2O2/c1-10(16-5-7-18-8-6-16)13(17)15-12-4-2-3-11(14)9-12/h2-4,9-10H,5-8H2,1H3,(H,15,17)/t10-/m0/s1. The van der Waals surface area contributed by atoms with Crippen molar-refractivity contribution in [1.29, 1.82) is 0 Å². The zero-order valence-electron chi connectivity index (χ0n) is 10.4. The van der Waals surface area contributed by atoms with Gasteiger partial charge in [0.05, 0.1) is 19.3 Å². The van der Waals surface area contributed by atoms with E-state index < -0.39 is 0 Å². The van der Waals surface area contributed by atoms with Gasteiger partial charge in [0.1, 0.15) is 0 Å². The number of morpholine rings is 1. The molecular weight excluding hydrogens is 252 g/mol. The smallest absolute Gasteiger partial charge is 0.241 e. The Labute approximate surface area is 112 Å². The molecule has 1 fully saturated rings. The monoisotopic (exact) mass is 268 g/mol. The summed E-state index contributed by atoms with van der Waals surface area (Å²) in [5.74, 6) is -0.0147. The molecule has 1 atom stereocenters. The molecule has 0 unspecified atom stereocenters. The Hall–Kier alpha value is -1.10. The third kappa shape index (κ3) is 3.45. The zero-order valence-corrected chi connectivity index (χ0v) is 11.1. The first-order valence-corrected chi connectivity index (χ1v) is 6.43. The molecule has 0 bridgehead atoms. The molecule has 5 heteroatoms. The molecular formula is C13H17ClN2O2. The van der Waals surface area contributed by atoms with Gasteiger partial charge < -0.3 is 10.1 Å². The van der Waals surface area contributed by atoms with Crippen LogP contribution in [0.15, 0.2) is 24.3 Å². The van der Waals surface area contributed by atoms with Crippen LogP contribution in [0.25, 0.3) is 0 Å². The minimum Gasteiger partial charge on any atom is -0.379 e. The minimum absolute atomic E-state index is 0.0147. The van der Waals surface area contributed by atoms with Crippen molar-refractivity contribution in [2.45, 2.75) is 13.0 Å². The Kier molecular flexibility index (Phi) is 4.58. The number of nitrogens with zero attached hydrogens (tertiary/aromatic N) is 1. The number of nitrogens with one attached hydrogen (secondary N) is 1. The molecule has 0 spiro atoms. The molecule has 1 aromatic rings. The van der Waals surface area contributed by atoms with Gasteiger partial charge >= 0.3 is 0 Å². The van der Waals surface area contributed by atoms with Gasteiger partial charge in [0.2, 0.25) is 5.91 Å². The fraction of sp³-hybridized carbons (Fsp3) is 0.462. The van der Waals surface area contributed by atoms with Gasteiger partial charge in [-0.15, -0.1) is 0 Å². The van der Waals surface area contributed by atoms with Gasteiger partial charge in [-0.1, -0.05) is 17.7 Å². The molecule has 0 radical (unpaired) electrons. The highest BCUT2D eigenvalue weighted by molar-refractivity contribution is 6.30. The molecule has 1 N–H and O–H groups in total. The lowest BCUT2D eigenvalue weighted by atomic mass is 10.2. The van der Waals surface area contributed by atoms with E-state index in [9.17, 15) is 4.79 Å². The topological polar surface area (TPSA) is 41.6 Å². The highest BCUT2D eigenvalue weighted by Gasteiger charge is 2.22. The van der Waals surface area contributed by atoms with E-state index in [1.54, 1.807) is 12.1 Å². The van der Waals surface area contributed by atoms with Crippen molar-refractivity contribution in [2.24, 2.45) is 0 Å². The van der Waals surface area contributed by atoms with Crippen LogP contribution in [-0.2, 0) is 9.53 Å². The first-order chi connectivity index (χ1) is 8.66. The van der Waals surface area contributed by atoms with Crippen molar-refractivity contribution in [1.82, 2.24) is 4.90 Å². The molecule has 0 aliphatic carbocycles. The number of benzene rings is 1. The number of amides is 1. The zero-order chi connectivity index (χ0) is 13.0. The molecule has 0 saturated carbocycles. The first kappa shape index (κ1) is 13.3. The van der Waals surface area contributed by atoms with Crippen molar-refractivity contribution in [2.75, 3.05) is 31.6 Å². The number of carbonyl (C=O) groups excluding carboxylic acids is 1. The van der Waals surface area contributed by atoms with E-state index in [4.69, 9.17) is 16.3 Å². The van der Waals surface area contributed by atoms with E-state index in [1.807, 2.05) is 19.1 Å². The molecule has 18 heavy (non-hydrogen) atoms. The summed E-state index contributed by atoms with van der Waals surface area (Å²) in [6.07, 6.45) is 0. The highest BCUT2D eigenvalue weighted by atomic mass is 35.5. The largest absolute Gasteiger partial charge is 0.379 e. The minimum atomic E-state index is -0.159. The Morgan fingerprint density at radius 3 is 2.83 bits per heavy atom. The van der Waals surface area contributed by atoms with Crippen LogP contribution in [0.4, 0.5) is 5.69 Å². The van der Waals surface area contributed by atoms with Crippen LogP contribution >= 0.6 is 11.6 Å². The molecule has 1 heterocycles. The van der Waals surface area contributed by atoms with E-state index in [0.29, 0.717) is 18.2 Å². The van der Waals surface area contributed by atoms with Gasteiger partial charge in [-0.2, -0.15) is 0 Å². The van der Waals surface area contributed by atoms with Crippen molar-refractivity contribution < 1.29 is 9.53 Å². The predicted molar refractivity (Wildman–Crippen MR) is 71.9 cm³/mol. The third-order valence-electron chi connectivity index (χ3n) is 3.06. The van der Waals surface area contributed by atoms with Crippen LogP contribution in [0.3, 0.4) is 0 Å². The summed E-state index contributed by atoms with van der Waals surface area (Å²) >= 11 is 5.88. The maximum Gasteiger partial charge on any atom is 0.241 e. The normalized spacial score (nSPS) is 18.3. The summed E-state index contributed by atoms with van der Waals surface area (Å²) in [6, 6.07) is 7.01. The molecule has 98 valence electrons. The van der Waals surface area contributed by atoms with Crippen molar-refractivity contribution in [3.8, 4) is 0 Å². The van der Waals surface area contributed by atoms with Crippen molar-refractivity contribution in [3.63, 3.8) is 0 Å². The summed E-state index contributed by atoms with van der Waals surface area (Å²) in [5, 5.41) is 3.49. The van der Waals surface area contributed by atoms with E-state index in [2.05, 4.69) is 10.2 Å². The number of anilines is 1. The van der Waals surface area contributed by atoms with E-state index >= 15 is 0 Å². The van der Waals surface area contributed by atoms with Crippen LogP contribution in [-0.4, -0.2) is 43.2 Å². The average Bonchev–Trinajstić information content (AvgIpc) is 2.39. The molecule has 1 aromatic carbocycles. The second-order valence-electron chi connectivity index (χ2n) is 4.32. The van der Waals surface area contributed by atoms with Crippen LogP contribution in [0.2, 0.25) is 5.02 Å². The predicted octanol–water partition coefficient (Wildman–Crippen LogP) is 2.00. The maximum atomic E-state index is 12.1. The fourth-order valence-electron chi connectivity index (χ4n) is 1.94. The second kappa shape index (κ2) is 6.18. The van der Waals surface area contributed by atoms with Gasteiger partial charge in [-0.3, -0.25) is 9.69 Å². The number of hydrogen-bond donors (Lipinski definition) is 1. The number of carbonyl (C=O) groups is 1. The molecule has 4 nitrogen and oxygen atoms in total. The average molecular weight is 269 g/mol. The molecule has 0 aromatic heterocycles. The fourth-order valence-corrected chi connectivity index (χ4v) is 2.13. The Morgan fingerprint density at radius 1 is 1.44 bits per heavy atom. The van der Waals surface area contributed by atoms with Crippen LogP contribution in [0.1, 0.15) is 6.92 Å². The molecule has 1 aliphatic rings. The third-order valence-corrected chi connectivity index (χ3v) is 3.30. The van der Waals surface area contributed by atoms with E-state index in [1.165, 1.54) is 0 Å². The highest BCUT2D eigenvalue weighted by Crippen LogP contribution is 2.15. The van der Waals surface area contributed by atoms with Crippen LogP contribution < -0.4 is 5.32 Å². The molecule has 1 saturated heterocycles. The van der Waals surface area contributed by atoms with Gasteiger partial charge in [0.15, 0.2) is 0 Å². The van der Waals surface area contributed by atoms with Crippen LogP contribution in [0.5, 0.6) is 0 Å². The summed E-state index contributed by atoms with van der Waals surface area (Å²) < 4.78 is 5.27. The lowest BCUT2D eigenvalue weighted by Gasteiger charge is -2.31. The van der Waals surface area contributed by atoms with Gasteiger partial charge in [0.25, 0.3) is 0 Å². The maximum absolute atomic E-state index is 12.1. The Bertz CT molecular complexity index is 419. The summed E-state index contributed by atoms with van der Waals surface area (Å²) in [5.41, 5.74) is 0.729. The van der Waals surface area contributed by atoms with Gasteiger partial charge in [0, 0.05) is 23.8 Å². The molecule has 1 amide bonds. The Morgan fingerprint density at radius 2 is 2.17 bits per heavy atom. The molecule has 1 aliphatic heterocycles. The van der Waals surface area contributed by atoms with Gasteiger partial charge in [-0.25, -0.2) is 0 Å². The summed E-state index contributed by atoms with van der Waals surface area (Å²) in [7, 11) is 0. The number of hydrogen-bond acceptors (Lipinski definition) is 3. The van der Waals surface area contributed by atoms with E-state index in [-0.39, 0.29) is 11.9 Å². The van der Waals surface area contributed by atoms with Crippen LogP contribution in [0, 0.1) is 0 Å². The second-order valence-corrected chi connectivity index (χ2v) is 4.76. The summed E-state index contributed by atoms with van der Waals surface area (Å²) in [4.78, 5) is 14.2. The number of halogens is 1. The quantitative estimate of drug-likeness (QED) is 0.912. The Balaban J connectivity index is 1.94. The van der Waals surface area contributed by atoms with Crippen molar-refractivity contribution >= 4 is 23.2 Å². The summed E-state index contributed by atoms with van der Waals surface area (Å²) in [6.45, 7) is 4.88. The molecule has 2 rings (SSSR count). The van der Waals surface area contributed by atoms with E-state index in [0.717, 1.165) is 18.8 Å². The lowest BCUT2D eigenvalue weighted by Crippen LogP contribution is -2.47. The van der Waals surface area contributed by atoms with Crippen molar-refractivity contribution in [3.05, 3.63) is 29.3 Å².